The molecule has 2 amide bonds. The molecule has 0 saturated heterocycles. The Labute approximate surface area is 168 Å². The highest BCUT2D eigenvalue weighted by atomic mass is 16.5. The zero-order valence-electron chi connectivity index (χ0n) is 16.4. The Morgan fingerprint density at radius 2 is 1.93 bits per heavy atom. The van der Waals surface area contributed by atoms with Crippen LogP contribution in [0.15, 0.2) is 36.4 Å². The van der Waals surface area contributed by atoms with Crippen molar-refractivity contribution in [2.45, 2.75) is 12.8 Å². The van der Waals surface area contributed by atoms with Gasteiger partial charge in [0, 0.05) is 29.6 Å². The minimum atomic E-state index is -0.136. The maximum atomic E-state index is 12.6. The van der Waals surface area contributed by atoms with Crippen LogP contribution < -0.4 is 20.1 Å². The summed E-state index contributed by atoms with van der Waals surface area (Å²) >= 11 is 0. The number of amides is 2. The topological polar surface area (TPSA) is 92.5 Å². The van der Waals surface area contributed by atoms with Gasteiger partial charge >= 0.3 is 0 Å². The average molecular weight is 393 g/mol. The molecular weight excluding hydrogens is 370 g/mol. The van der Waals surface area contributed by atoms with Gasteiger partial charge in [-0.15, -0.1) is 0 Å². The van der Waals surface area contributed by atoms with Crippen molar-refractivity contribution in [2.75, 3.05) is 27.3 Å². The van der Waals surface area contributed by atoms with Gasteiger partial charge in [0.15, 0.2) is 11.5 Å². The fraction of sp³-hybridized carbons (Fsp3) is 0.273. The van der Waals surface area contributed by atoms with Crippen molar-refractivity contribution in [1.82, 2.24) is 15.6 Å². The molecule has 29 heavy (non-hydrogen) atoms. The third-order valence-electron chi connectivity index (χ3n) is 5.20. The third kappa shape index (κ3) is 3.63. The van der Waals surface area contributed by atoms with E-state index in [1.807, 2.05) is 30.3 Å². The zero-order valence-corrected chi connectivity index (χ0v) is 16.4. The summed E-state index contributed by atoms with van der Waals surface area (Å²) in [5.74, 6) is 1.12. The van der Waals surface area contributed by atoms with Gasteiger partial charge in [0.05, 0.1) is 14.2 Å². The van der Waals surface area contributed by atoms with E-state index in [1.165, 1.54) is 0 Å². The van der Waals surface area contributed by atoms with Crippen LogP contribution in [-0.2, 0) is 12.8 Å². The van der Waals surface area contributed by atoms with Crippen molar-refractivity contribution < 1.29 is 19.1 Å². The molecule has 4 rings (SSSR count). The quantitative estimate of drug-likeness (QED) is 0.600. The van der Waals surface area contributed by atoms with E-state index in [4.69, 9.17) is 9.47 Å². The van der Waals surface area contributed by atoms with Crippen LogP contribution in [0.1, 0.15) is 32.0 Å². The summed E-state index contributed by atoms with van der Waals surface area (Å²) in [5.41, 5.74) is 4.07. The van der Waals surface area contributed by atoms with E-state index in [0.29, 0.717) is 42.3 Å². The lowest BCUT2D eigenvalue weighted by atomic mass is 10.0. The Hall–Kier alpha value is -3.48. The molecule has 7 heteroatoms. The monoisotopic (exact) mass is 393 g/mol. The second-order valence-corrected chi connectivity index (χ2v) is 6.94. The number of rotatable bonds is 6. The molecule has 2 heterocycles. The second-order valence-electron chi connectivity index (χ2n) is 6.94. The molecule has 0 fully saturated rings. The number of hydrogen-bond acceptors (Lipinski definition) is 4. The molecule has 1 aromatic heterocycles. The summed E-state index contributed by atoms with van der Waals surface area (Å²) in [6, 6.07) is 11.2. The molecule has 7 nitrogen and oxygen atoms in total. The predicted molar refractivity (Wildman–Crippen MR) is 110 cm³/mol. The van der Waals surface area contributed by atoms with Gasteiger partial charge in [-0.1, -0.05) is 6.07 Å². The summed E-state index contributed by atoms with van der Waals surface area (Å²) in [4.78, 5) is 27.8. The van der Waals surface area contributed by atoms with E-state index in [2.05, 4.69) is 15.6 Å². The number of carbonyl (C=O) groups excluding carboxylic acids is 2. The Kier molecular flexibility index (Phi) is 5.12. The molecule has 3 N–H and O–H groups in total. The third-order valence-corrected chi connectivity index (χ3v) is 5.20. The first-order valence-electron chi connectivity index (χ1n) is 9.52. The number of nitrogens with one attached hydrogen (secondary N) is 3. The lowest BCUT2D eigenvalue weighted by Crippen LogP contribution is -2.31. The standard InChI is InChI=1S/C22H23N3O4/c1-28-18-6-3-13(11-19(18)29-2)7-9-23-21(26)14-4-5-17-16(12-14)15-8-10-24-22(27)20(15)25-17/h3-6,11-12,25H,7-10H2,1-2H3,(H,23,26)(H,24,27). The van der Waals surface area contributed by atoms with Crippen molar-refractivity contribution in [1.29, 1.82) is 0 Å². The summed E-state index contributed by atoms with van der Waals surface area (Å²) in [6.07, 6.45) is 1.43. The van der Waals surface area contributed by atoms with Gasteiger partial charge < -0.3 is 25.1 Å². The first-order chi connectivity index (χ1) is 14.1. The summed E-state index contributed by atoms with van der Waals surface area (Å²) in [7, 11) is 3.20. The minimum absolute atomic E-state index is 0.0941. The summed E-state index contributed by atoms with van der Waals surface area (Å²) in [6.45, 7) is 1.11. The number of methoxy groups -OCH3 is 2. The van der Waals surface area contributed by atoms with E-state index in [-0.39, 0.29) is 11.8 Å². The number of benzene rings is 2. The molecule has 150 valence electrons. The van der Waals surface area contributed by atoms with Gasteiger partial charge in [-0.05, 0) is 54.3 Å². The molecule has 0 unspecified atom stereocenters. The maximum Gasteiger partial charge on any atom is 0.268 e. The number of hydrogen-bond donors (Lipinski definition) is 3. The second kappa shape index (κ2) is 7.87. The molecule has 0 aliphatic carbocycles. The Morgan fingerprint density at radius 3 is 2.72 bits per heavy atom. The van der Waals surface area contributed by atoms with Crippen LogP contribution in [-0.4, -0.2) is 44.1 Å². The van der Waals surface area contributed by atoms with E-state index in [0.717, 1.165) is 28.5 Å². The highest BCUT2D eigenvalue weighted by Gasteiger charge is 2.22. The highest BCUT2D eigenvalue weighted by Crippen LogP contribution is 2.28. The lowest BCUT2D eigenvalue weighted by Gasteiger charge is -2.12. The molecule has 1 aliphatic heterocycles. The van der Waals surface area contributed by atoms with Crippen molar-refractivity contribution in [3.63, 3.8) is 0 Å². The summed E-state index contributed by atoms with van der Waals surface area (Å²) < 4.78 is 10.6. The molecule has 0 spiro atoms. The smallest absolute Gasteiger partial charge is 0.268 e. The number of aromatic amines is 1. The van der Waals surface area contributed by atoms with Crippen molar-refractivity contribution >= 4 is 22.7 Å². The first-order valence-corrected chi connectivity index (χ1v) is 9.52. The predicted octanol–water partition coefficient (Wildman–Crippen LogP) is 2.44. The average Bonchev–Trinajstić information content (AvgIpc) is 3.13. The van der Waals surface area contributed by atoms with Crippen LogP contribution in [0.3, 0.4) is 0 Å². The molecule has 2 aromatic carbocycles. The van der Waals surface area contributed by atoms with E-state index in [9.17, 15) is 9.59 Å². The van der Waals surface area contributed by atoms with Gasteiger partial charge in [0.2, 0.25) is 0 Å². The minimum Gasteiger partial charge on any atom is -0.493 e. The molecule has 0 atom stereocenters. The van der Waals surface area contributed by atoms with Crippen molar-refractivity contribution in [2.24, 2.45) is 0 Å². The Bertz CT molecular complexity index is 1090. The SMILES string of the molecule is COc1ccc(CCNC(=O)c2ccc3[nH]c4c(c3c2)CCNC4=O)cc1OC. The van der Waals surface area contributed by atoms with Gasteiger partial charge in [0.25, 0.3) is 11.8 Å². The van der Waals surface area contributed by atoms with E-state index < -0.39 is 0 Å². The molecule has 0 radical (unpaired) electrons. The lowest BCUT2D eigenvalue weighted by molar-refractivity contribution is 0.0938. The molecule has 1 aliphatic rings. The van der Waals surface area contributed by atoms with Crippen LogP contribution in [0.4, 0.5) is 0 Å². The van der Waals surface area contributed by atoms with E-state index >= 15 is 0 Å². The highest BCUT2D eigenvalue weighted by molar-refractivity contribution is 6.04. The fourth-order valence-corrected chi connectivity index (χ4v) is 3.69. The van der Waals surface area contributed by atoms with Crippen LogP contribution in [0.2, 0.25) is 0 Å². The van der Waals surface area contributed by atoms with Gasteiger partial charge in [-0.3, -0.25) is 9.59 Å². The number of aromatic nitrogens is 1. The van der Waals surface area contributed by atoms with Crippen LogP contribution in [0.25, 0.3) is 10.9 Å². The van der Waals surface area contributed by atoms with Gasteiger partial charge in [0.1, 0.15) is 5.69 Å². The van der Waals surface area contributed by atoms with Crippen molar-refractivity contribution in [3.8, 4) is 11.5 Å². The van der Waals surface area contributed by atoms with Crippen LogP contribution >= 0.6 is 0 Å². The Morgan fingerprint density at radius 1 is 1.10 bits per heavy atom. The van der Waals surface area contributed by atoms with Gasteiger partial charge in [-0.2, -0.15) is 0 Å². The maximum absolute atomic E-state index is 12.6. The molecule has 3 aromatic rings. The number of ether oxygens (including phenoxy) is 2. The molecule has 0 saturated carbocycles. The first kappa shape index (κ1) is 18.9. The fourth-order valence-electron chi connectivity index (χ4n) is 3.69. The molecular formula is C22H23N3O4. The number of fused-ring (bicyclic) bond motifs is 3. The van der Waals surface area contributed by atoms with E-state index in [1.54, 1.807) is 20.3 Å². The largest absolute Gasteiger partial charge is 0.493 e. The Balaban J connectivity index is 1.45. The van der Waals surface area contributed by atoms with Crippen molar-refractivity contribution in [3.05, 3.63) is 58.8 Å². The summed E-state index contributed by atoms with van der Waals surface area (Å²) in [5, 5.41) is 6.72. The van der Waals surface area contributed by atoms with Gasteiger partial charge in [-0.25, -0.2) is 0 Å². The zero-order chi connectivity index (χ0) is 20.4. The normalized spacial score (nSPS) is 13.0. The number of carbonyl (C=O) groups is 2. The molecule has 0 bridgehead atoms. The number of H-pyrrole nitrogens is 1. The van der Waals surface area contributed by atoms with Crippen LogP contribution in [0.5, 0.6) is 11.5 Å². The van der Waals surface area contributed by atoms with Crippen LogP contribution in [0, 0.1) is 0 Å².